The second kappa shape index (κ2) is 20.3. The van der Waals surface area contributed by atoms with Crippen molar-refractivity contribution in [3.63, 3.8) is 0 Å². The maximum atomic E-state index is 10.8. The number of carbonyl (C=O) groups is 3. The molecule has 0 radical (unpaired) electrons. The van der Waals surface area contributed by atoms with Crippen molar-refractivity contribution in [3.8, 4) is 0 Å². The molecule has 172 valence electrons. The van der Waals surface area contributed by atoms with E-state index >= 15 is 0 Å². The number of amides is 1. The van der Waals surface area contributed by atoms with Crippen molar-refractivity contribution in [2.24, 2.45) is 23.7 Å². The highest BCUT2D eigenvalue weighted by molar-refractivity contribution is 5.82. The van der Waals surface area contributed by atoms with E-state index in [-0.39, 0.29) is 62.5 Å². The van der Waals surface area contributed by atoms with E-state index in [9.17, 15) is 14.4 Å². The fourth-order valence-corrected chi connectivity index (χ4v) is 1.49. The van der Waals surface area contributed by atoms with Crippen molar-refractivity contribution >= 4 is 17.7 Å². The van der Waals surface area contributed by atoms with Gasteiger partial charge in [0.15, 0.2) is 0 Å². The quantitative estimate of drug-likeness (QED) is 0.558. The van der Waals surface area contributed by atoms with Crippen molar-refractivity contribution in [2.75, 3.05) is 0 Å². The zero-order valence-electron chi connectivity index (χ0n) is 19.1. The van der Waals surface area contributed by atoms with Crippen LogP contribution in [0.2, 0.25) is 0 Å². The van der Waals surface area contributed by atoms with Gasteiger partial charge >= 0.3 is 5.97 Å². The molecule has 5 heteroatoms. The Morgan fingerprint density at radius 3 is 1.04 bits per heavy atom. The maximum absolute atomic E-state index is 10.8. The van der Waals surface area contributed by atoms with Crippen LogP contribution in [0.1, 0.15) is 97.9 Å². The van der Waals surface area contributed by atoms with Gasteiger partial charge in [-0.2, -0.15) is 0 Å². The summed E-state index contributed by atoms with van der Waals surface area (Å²) in [6.45, 7) is 22.8. The minimum absolute atomic E-state index is 0. The van der Waals surface area contributed by atoms with Gasteiger partial charge in [0.1, 0.15) is 5.78 Å². The summed E-state index contributed by atoms with van der Waals surface area (Å²) in [5.41, 5.74) is 0. The monoisotopic (exact) mass is 405 g/mol. The Balaban J connectivity index is -0.0000000914. The van der Waals surface area contributed by atoms with Crippen molar-refractivity contribution < 1.29 is 19.1 Å². The number of hydrogen-bond donors (Lipinski definition) is 1. The molecule has 0 aliphatic carbocycles. The number of carbonyl (C=O) groups excluding carboxylic acids is 3. The predicted molar refractivity (Wildman–Crippen MR) is 122 cm³/mol. The first-order valence-electron chi connectivity index (χ1n) is 9.67. The third-order valence-corrected chi connectivity index (χ3v) is 2.92. The molecule has 0 aliphatic heterocycles. The van der Waals surface area contributed by atoms with Crippen LogP contribution in [0.15, 0.2) is 0 Å². The second-order valence-electron chi connectivity index (χ2n) is 8.17. The van der Waals surface area contributed by atoms with E-state index in [1.54, 1.807) is 0 Å². The lowest BCUT2D eigenvalue weighted by molar-refractivity contribution is -0.151. The molecule has 0 fully saturated rings. The van der Waals surface area contributed by atoms with Crippen LogP contribution in [0.5, 0.6) is 0 Å². The van der Waals surface area contributed by atoms with Gasteiger partial charge in [0.25, 0.3) is 0 Å². The normalized spacial score (nSPS) is 9.79. The first-order valence-corrected chi connectivity index (χ1v) is 9.67. The highest BCUT2D eigenvalue weighted by Crippen LogP contribution is 2.03. The van der Waals surface area contributed by atoms with Gasteiger partial charge < -0.3 is 10.1 Å². The van der Waals surface area contributed by atoms with Crippen LogP contribution < -0.4 is 5.32 Å². The molecule has 0 spiro atoms. The maximum Gasteiger partial charge on any atom is 0.308 e. The van der Waals surface area contributed by atoms with Gasteiger partial charge in [0.05, 0.1) is 12.0 Å². The topological polar surface area (TPSA) is 72.5 Å². The summed E-state index contributed by atoms with van der Waals surface area (Å²) in [4.78, 5) is 32.4. The second-order valence-corrected chi connectivity index (χ2v) is 8.17. The van der Waals surface area contributed by atoms with E-state index in [0.29, 0.717) is 5.78 Å². The number of Topliss-reactive ketones (excluding diaryl/α,β-unsaturated/α-hetero) is 1. The Morgan fingerprint density at radius 1 is 0.607 bits per heavy atom. The van der Waals surface area contributed by atoms with E-state index in [4.69, 9.17) is 4.74 Å². The van der Waals surface area contributed by atoms with Gasteiger partial charge in [-0.3, -0.25) is 14.4 Å². The molecule has 0 aliphatic rings. The molecule has 1 N–H and O–H groups in total. The van der Waals surface area contributed by atoms with Crippen molar-refractivity contribution in [1.29, 1.82) is 0 Å². The highest BCUT2D eigenvalue weighted by atomic mass is 16.5. The Kier molecular flexibility index (Phi) is 27.2. The summed E-state index contributed by atoms with van der Waals surface area (Å²) in [7, 11) is 0. The Labute approximate surface area is 176 Å². The number of ketones is 1. The lowest BCUT2D eigenvalue weighted by Crippen LogP contribution is -2.33. The zero-order valence-corrected chi connectivity index (χ0v) is 19.1. The third-order valence-electron chi connectivity index (χ3n) is 2.92. The van der Waals surface area contributed by atoms with E-state index in [1.807, 2.05) is 83.1 Å². The van der Waals surface area contributed by atoms with E-state index in [0.717, 1.165) is 0 Å². The molecular formula is C23H51NO4. The van der Waals surface area contributed by atoms with Gasteiger partial charge in [0, 0.05) is 23.8 Å². The Bertz CT molecular complexity index is 361. The molecule has 0 unspecified atom stereocenters. The molecule has 0 atom stereocenters. The molecule has 28 heavy (non-hydrogen) atoms. The third kappa shape index (κ3) is 26.8. The highest BCUT2D eigenvalue weighted by Gasteiger charge is 2.10. The molecule has 0 rings (SSSR count). The minimum Gasteiger partial charge on any atom is -0.463 e. The van der Waals surface area contributed by atoms with E-state index in [2.05, 4.69) is 5.32 Å². The number of hydrogen-bond acceptors (Lipinski definition) is 4. The summed E-state index contributed by atoms with van der Waals surface area (Å²) in [5, 5.41) is 2.80. The number of rotatable bonds is 6. The molecule has 0 bridgehead atoms. The summed E-state index contributed by atoms with van der Waals surface area (Å²) < 4.78 is 4.87. The molecule has 1 amide bonds. The SMILES string of the molecule is C.C.CC(C)C(=O)C(C)C.CC(C)NC(=O)C(C)C.CC(C)OC(=O)C(C)C. The number of nitrogens with one attached hydrogen (secondary N) is 1. The first-order chi connectivity index (χ1) is 11.6. The molecular weight excluding hydrogens is 354 g/mol. The van der Waals surface area contributed by atoms with Crippen LogP contribution in [-0.4, -0.2) is 29.8 Å². The lowest BCUT2D eigenvalue weighted by Gasteiger charge is -2.09. The van der Waals surface area contributed by atoms with Gasteiger partial charge in [-0.15, -0.1) is 0 Å². The summed E-state index contributed by atoms with van der Waals surface area (Å²) in [6, 6.07) is 0.264. The molecule has 0 aromatic carbocycles. The largest absolute Gasteiger partial charge is 0.463 e. The predicted octanol–water partition coefficient (Wildman–Crippen LogP) is 5.90. The van der Waals surface area contributed by atoms with Gasteiger partial charge in [-0.1, -0.05) is 70.2 Å². The van der Waals surface area contributed by atoms with Gasteiger partial charge in [-0.25, -0.2) is 0 Å². The van der Waals surface area contributed by atoms with Gasteiger partial charge in [0.2, 0.25) is 5.91 Å². The van der Waals surface area contributed by atoms with Crippen molar-refractivity contribution in [3.05, 3.63) is 0 Å². The first kappa shape index (κ1) is 37.4. The average molecular weight is 406 g/mol. The lowest BCUT2D eigenvalue weighted by atomic mass is 9.99. The van der Waals surface area contributed by atoms with Crippen molar-refractivity contribution in [1.82, 2.24) is 5.32 Å². The van der Waals surface area contributed by atoms with Crippen LogP contribution in [0.25, 0.3) is 0 Å². The average Bonchev–Trinajstić information content (AvgIpc) is 2.45. The summed E-state index contributed by atoms with van der Waals surface area (Å²) in [5.74, 6) is 0.866. The number of esters is 1. The molecule has 0 aromatic heterocycles. The fraction of sp³-hybridized carbons (Fsp3) is 0.870. The summed E-state index contributed by atoms with van der Waals surface area (Å²) in [6.07, 6.45) is 0.0138. The molecule has 0 saturated carbocycles. The number of ether oxygens (including phenoxy) is 1. The Hall–Kier alpha value is -1.39. The fourth-order valence-electron chi connectivity index (χ4n) is 1.49. The van der Waals surface area contributed by atoms with Crippen molar-refractivity contribution in [2.45, 2.75) is 110 Å². The smallest absolute Gasteiger partial charge is 0.308 e. The zero-order chi connectivity index (χ0) is 21.6. The molecule has 0 heterocycles. The van der Waals surface area contributed by atoms with E-state index in [1.165, 1.54) is 0 Å². The van der Waals surface area contributed by atoms with Crippen LogP contribution in [0.4, 0.5) is 0 Å². The van der Waals surface area contributed by atoms with Crippen LogP contribution >= 0.6 is 0 Å². The minimum atomic E-state index is -0.120. The Morgan fingerprint density at radius 2 is 0.964 bits per heavy atom. The molecule has 0 aromatic rings. The van der Waals surface area contributed by atoms with Gasteiger partial charge in [-0.05, 0) is 27.7 Å². The van der Waals surface area contributed by atoms with E-state index < -0.39 is 0 Å². The van der Waals surface area contributed by atoms with Crippen LogP contribution in [0, 0.1) is 23.7 Å². The standard InChI is InChI=1S/C7H15NO.C7H14O2.C7H14O.2CH4/c1-5(2)7(9)8-6(3)4;1-5(2)7(8)9-6(3)4;1-5(2)7(8)6(3)4;;/h5-6H,1-4H3,(H,8,9);5-6H,1-4H3;5-6H,1-4H3;2*1H4. The molecule has 5 nitrogen and oxygen atoms in total. The summed E-state index contributed by atoms with van der Waals surface area (Å²) >= 11 is 0. The van der Waals surface area contributed by atoms with Crippen LogP contribution in [-0.2, 0) is 19.1 Å². The molecule has 0 saturated heterocycles. The van der Waals surface area contributed by atoms with Crippen LogP contribution in [0.3, 0.4) is 0 Å².